The van der Waals surface area contributed by atoms with Crippen LogP contribution in [0.1, 0.15) is 12.0 Å². The molecule has 1 aliphatic rings. The highest BCUT2D eigenvalue weighted by atomic mass is 32.2. The van der Waals surface area contributed by atoms with Crippen molar-refractivity contribution in [3.05, 3.63) is 65.7 Å². The van der Waals surface area contributed by atoms with Gasteiger partial charge in [0.2, 0.25) is 5.91 Å². The van der Waals surface area contributed by atoms with E-state index in [4.69, 9.17) is 0 Å². The molecule has 144 valence electrons. The zero-order valence-electron chi connectivity index (χ0n) is 14.4. The van der Waals surface area contributed by atoms with E-state index < -0.39 is 27.8 Å². The van der Waals surface area contributed by atoms with Crippen molar-refractivity contribution >= 4 is 21.8 Å². The predicted octanol–water partition coefficient (Wildman–Crippen LogP) is 2.36. The van der Waals surface area contributed by atoms with E-state index in [0.717, 1.165) is 4.31 Å². The molecule has 2 aromatic carbocycles. The van der Waals surface area contributed by atoms with Gasteiger partial charge in [-0.25, -0.2) is 8.78 Å². The fourth-order valence-electron chi connectivity index (χ4n) is 2.87. The van der Waals surface area contributed by atoms with Crippen molar-refractivity contribution in [1.29, 1.82) is 0 Å². The van der Waals surface area contributed by atoms with Crippen LogP contribution in [0.4, 0.5) is 14.5 Å². The zero-order valence-corrected chi connectivity index (χ0v) is 15.3. The molecule has 9 heteroatoms. The first-order valence-electron chi connectivity index (χ1n) is 8.40. The largest absolute Gasteiger partial charge is 0.325 e. The molecule has 3 rings (SSSR count). The van der Waals surface area contributed by atoms with Gasteiger partial charge in [-0.3, -0.25) is 4.79 Å². The van der Waals surface area contributed by atoms with Gasteiger partial charge in [0, 0.05) is 25.3 Å². The number of nitrogens with one attached hydrogen (secondary N) is 1. The summed E-state index contributed by atoms with van der Waals surface area (Å²) in [5.41, 5.74) is 0.920. The first-order chi connectivity index (χ1) is 12.8. The number of carbonyl (C=O) groups excluding carboxylic acids is 1. The second-order valence-corrected chi connectivity index (χ2v) is 8.14. The summed E-state index contributed by atoms with van der Waals surface area (Å²) in [6.45, 7) is 0.212. The van der Waals surface area contributed by atoms with Gasteiger partial charge in [0.05, 0.1) is 6.54 Å². The Hall–Kier alpha value is -2.36. The van der Waals surface area contributed by atoms with E-state index in [1.807, 2.05) is 0 Å². The third kappa shape index (κ3) is 4.88. The fourth-order valence-corrected chi connectivity index (χ4v) is 4.51. The maximum absolute atomic E-state index is 13.3. The minimum absolute atomic E-state index is 0.0379. The average Bonchev–Trinajstić information content (AvgIpc) is 2.61. The van der Waals surface area contributed by atoms with Crippen molar-refractivity contribution in [2.24, 2.45) is 0 Å². The van der Waals surface area contributed by atoms with Crippen LogP contribution in [0.5, 0.6) is 0 Å². The minimum Gasteiger partial charge on any atom is -0.325 e. The normalized spacial score (nSPS) is 17.6. The lowest BCUT2D eigenvalue weighted by Crippen LogP contribution is -2.51. The quantitative estimate of drug-likeness (QED) is 0.845. The summed E-state index contributed by atoms with van der Waals surface area (Å²) >= 11 is 0. The van der Waals surface area contributed by atoms with E-state index >= 15 is 0 Å². The highest BCUT2D eigenvalue weighted by Gasteiger charge is 2.34. The van der Waals surface area contributed by atoms with Crippen molar-refractivity contribution in [1.82, 2.24) is 8.61 Å². The molecular formula is C18H19F2N3O3S. The lowest BCUT2D eigenvalue weighted by Gasteiger charge is -2.34. The van der Waals surface area contributed by atoms with E-state index in [-0.39, 0.29) is 19.6 Å². The molecule has 6 nitrogen and oxygen atoms in total. The van der Waals surface area contributed by atoms with Gasteiger partial charge in [-0.15, -0.1) is 0 Å². The van der Waals surface area contributed by atoms with Gasteiger partial charge in [-0.05, 0) is 48.4 Å². The SMILES string of the molecule is O=C(CN1CCCN(Cc2cccc(F)c2)S1(=O)=O)Nc1ccc(F)cc1. The first-order valence-corrected chi connectivity index (χ1v) is 9.79. The molecule has 1 amide bonds. The van der Waals surface area contributed by atoms with Gasteiger partial charge in [0.15, 0.2) is 0 Å². The molecule has 1 aliphatic heterocycles. The number of benzene rings is 2. The second-order valence-electron chi connectivity index (χ2n) is 6.21. The first kappa shape index (κ1) is 19.4. The highest BCUT2D eigenvalue weighted by Crippen LogP contribution is 2.20. The molecule has 1 fully saturated rings. The maximum Gasteiger partial charge on any atom is 0.282 e. The molecule has 0 spiro atoms. The highest BCUT2D eigenvalue weighted by molar-refractivity contribution is 7.86. The zero-order chi connectivity index (χ0) is 19.4. The number of nitrogens with zero attached hydrogens (tertiary/aromatic N) is 2. The van der Waals surface area contributed by atoms with Crippen LogP contribution in [0.3, 0.4) is 0 Å². The lowest BCUT2D eigenvalue weighted by molar-refractivity contribution is -0.116. The van der Waals surface area contributed by atoms with Crippen LogP contribution < -0.4 is 5.32 Å². The number of anilines is 1. The average molecular weight is 395 g/mol. The molecule has 0 unspecified atom stereocenters. The molecule has 0 atom stereocenters. The van der Waals surface area contributed by atoms with E-state index in [0.29, 0.717) is 24.2 Å². The number of hydrogen-bond acceptors (Lipinski definition) is 3. The van der Waals surface area contributed by atoms with Crippen molar-refractivity contribution in [3.63, 3.8) is 0 Å². The van der Waals surface area contributed by atoms with Crippen LogP contribution in [0, 0.1) is 11.6 Å². The molecule has 1 saturated heterocycles. The summed E-state index contributed by atoms with van der Waals surface area (Å²) in [7, 11) is -3.85. The Kier molecular flexibility index (Phi) is 5.83. The Labute approximate surface area is 156 Å². The topological polar surface area (TPSA) is 69.7 Å². The third-order valence-electron chi connectivity index (χ3n) is 4.16. The fraction of sp³-hybridized carbons (Fsp3) is 0.278. The van der Waals surface area contributed by atoms with Crippen LogP contribution in [0.2, 0.25) is 0 Å². The van der Waals surface area contributed by atoms with Gasteiger partial charge in [0.1, 0.15) is 11.6 Å². The van der Waals surface area contributed by atoms with Crippen molar-refractivity contribution < 1.29 is 22.0 Å². The summed E-state index contributed by atoms with van der Waals surface area (Å²) in [6.07, 6.45) is 0.554. The van der Waals surface area contributed by atoms with Crippen LogP contribution in [0.25, 0.3) is 0 Å². The molecule has 0 radical (unpaired) electrons. The van der Waals surface area contributed by atoms with Crippen LogP contribution >= 0.6 is 0 Å². The smallest absolute Gasteiger partial charge is 0.282 e. The molecule has 0 aromatic heterocycles. The Morgan fingerprint density at radius 1 is 1.00 bits per heavy atom. The van der Waals surface area contributed by atoms with Crippen LogP contribution in [-0.4, -0.2) is 42.6 Å². The summed E-state index contributed by atoms with van der Waals surface area (Å²) < 4.78 is 54.1. The van der Waals surface area contributed by atoms with Crippen molar-refractivity contribution in [3.8, 4) is 0 Å². The molecule has 0 aliphatic carbocycles. The minimum atomic E-state index is -3.85. The number of hydrogen-bond donors (Lipinski definition) is 1. The molecule has 2 aromatic rings. The molecule has 1 N–H and O–H groups in total. The number of carbonyl (C=O) groups is 1. The summed E-state index contributed by atoms with van der Waals surface area (Å²) in [6, 6.07) is 11.0. The Balaban J connectivity index is 1.66. The summed E-state index contributed by atoms with van der Waals surface area (Å²) in [5.74, 6) is -1.38. The number of amides is 1. The van der Waals surface area contributed by atoms with Gasteiger partial charge in [-0.1, -0.05) is 12.1 Å². The third-order valence-corrected chi connectivity index (χ3v) is 6.09. The standard InChI is InChI=1S/C18H19F2N3O3S/c19-15-5-7-17(8-6-15)21-18(24)13-23-10-2-9-22(27(23,25)26)12-14-3-1-4-16(20)11-14/h1,3-8,11H,2,9-10,12-13H2,(H,21,24). The second kappa shape index (κ2) is 8.12. The van der Waals surface area contributed by atoms with E-state index in [1.165, 1.54) is 46.8 Å². The monoisotopic (exact) mass is 395 g/mol. The summed E-state index contributed by atoms with van der Waals surface area (Å²) in [5, 5.41) is 2.55. The van der Waals surface area contributed by atoms with Gasteiger partial charge in [0.25, 0.3) is 10.2 Å². The van der Waals surface area contributed by atoms with Gasteiger partial charge in [-0.2, -0.15) is 17.0 Å². The van der Waals surface area contributed by atoms with Crippen molar-refractivity contribution in [2.45, 2.75) is 13.0 Å². The van der Waals surface area contributed by atoms with E-state index in [1.54, 1.807) is 6.07 Å². The predicted molar refractivity (Wildman–Crippen MR) is 96.9 cm³/mol. The summed E-state index contributed by atoms with van der Waals surface area (Å²) in [4.78, 5) is 12.2. The van der Waals surface area contributed by atoms with Gasteiger partial charge < -0.3 is 5.32 Å². The van der Waals surface area contributed by atoms with Crippen molar-refractivity contribution in [2.75, 3.05) is 25.0 Å². The van der Waals surface area contributed by atoms with Gasteiger partial charge >= 0.3 is 0 Å². The Morgan fingerprint density at radius 2 is 1.70 bits per heavy atom. The molecule has 0 bridgehead atoms. The molecular weight excluding hydrogens is 376 g/mol. The molecule has 27 heavy (non-hydrogen) atoms. The van der Waals surface area contributed by atoms with Crippen LogP contribution in [-0.2, 0) is 21.5 Å². The molecule has 0 saturated carbocycles. The lowest BCUT2D eigenvalue weighted by atomic mass is 10.2. The Bertz CT molecular complexity index is 920. The molecule has 1 heterocycles. The number of halogens is 2. The van der Waals surface area contributed by atoms with E-state index in [2.05, 4.69) is 5.32 Å². The Morgan fingerprint density at radius 3 is 2.41 bits per heavy atom. The number of rotatable bonds is 5. The van der Waals surface area contributed by atoms with E-state index in [9.17, 15) is 22.0 Å². The van der Waals surface area contributed by atoms with Crippen LogP contribution in [0.15, 0.2) is 48.5 Å². The maximum atomic E-state index is 13.3.